The van der Waals surface area contributed by atoms with Gasteiger partial charge < -0.3 is 9.64 Å². The van der Waals surface area contributed by atoms with Crippen LogP contribution in [-0.4, -0.2) is 40.0 Å². The van der Waals surface area contributed by atoms with Gasteiger partial charge in [-0.2, -0.15) is 0 Å². The maximum absolute atomic E-state index is 12.4. The van der Waals surface area contributed by atoms with Crippen molar-refractivity contribution in [3.05, 3.63) is 53.4 Å². The number of hydrogen-bond donors (Lipinski definition) is 0. The number of ether oxygens (including phenoxy) is 1. The van der Waals surface area contributed by atoms with E-state index in [0.717, 1.165) is 6.42 Å². The lowest BCUT2D eigenvalue weighted by atomic mass is 10.2. The standard InChI is InChI=1S/C15H14ClN3O2/c16-12-3-1-11(2-4-12)15(20)19-8-5-13(10-19)21-14-9-17-6-7-18-14/h1-4,6-7,9,13H,5,8,10H2. The molecule has 1 fully saturated rings. The molecule has 0 N–H and O–H groups in total. The molecule has 1 saturated heterocycles. The quantitative estimate of drug-likeness (QED) is 0.874. The molecule has 1 amide bonds. The number of likely N-dealkylation sites (tertiary alicyclic amines) is 1. The highest BCUT2D eigenvalue weighted by Crippen LogP contribution is 2.18. The topological polar surface area (TPSA) is 55.3 Å². The third-order valence-corrected chi connectivity index (χ3v) is 3.60. The molecule has 1 aromatic heterocycles. The van der Waals surface area contributed by atoms with Crippen LogP contribution in [0.5, 0.6) is 5.88 Å². The molecule has 21 heavy (non-hydrogen) atoms. The van der Waals surface area contributed by atoms with Gasteiger partial charge in [-0.05, 0) is 24.3 Å². The summed E-state index contributed by atoms with van der Waals surface area (Å²) < 4.78 is 5.72. The van der Waals surface area contributed by atoms with E-state index < -0.39 is 0 Å². The van der Waals surface area contributed by atoms with Gasteiger partial charge in [-0.25, -0.2) is 4.98 Å². The van der Waals surface area contributed by atoms with Crippen LogP contribution in [0.15, 0.2) is 42.9 Å². The number of carbonyl (C=O) groups is 1. The summed E-state index contributed by atoms with van der Waals surface area (Å²) in [6, 6.07) is 6.92. The maximum Gasteiger partial charge on any atom is 0.253 e. The second-order valence-electron chi connectivity index (χ2n) is 4.83. The van der Waals surface area contributed by atoms with Crippen molar-refractivity contribution in [1.29, 1.82) is 0 Å². The van der Waals surface area contributed by atoms with Gasteiger partial charge in [0.1, 0.15) is 6.10 Å². The Morgan fingerprint density at radius 3 is 2.81 bits per heavy atom. The van der Waals surface area contributed by atoms with Crippen LogP contribution < -0.4 is 4.74 Å². The predicted molar refractivity (Wildman–Crippen MR) is 78.4 cm³/mol. The lowest BCUT2D eigenvalue weighted by Gasteiger charge is -2.17. The highest BCUT2D eigenvalue weighted by molar-refractivity contribution is 6.30. The third kappa shape index (κ3) is 3.31. The van der Waals surface area contributed by atoms with Crippen molar-refractivity contribution in [2.45, 2.75) is 12.5 Å². The van der Waals surface area contributed by atoms with Gasteiger partial charge in [0.2, 0.25) is 5.88 Å². The SMILES string of the molecule is O=C(c1ccc(Cl)cc1)N1CCC(Oc2cnccn2)C1. The second-order valence-corrected chi connectivity index (χ2v) is 5.27. The Morgan fingerprint density at radius 2 is 2.10 bits per heavy atom. The Labute approximate surface area is 127 Å². The highest BCUT2D eigenvalue weighted by atomic mass is 35.5. The molecule has 2 heterocycles. The number of carbonyl (C=O) groups excluding carboxylic acids is 1. The lowest BCUT2D eigenvalue weighted by molar-refractivity contribution is 0.0771. The van der Waals surface area contributed by atoms with Gasteiger partial charge in [0.15, 0.2) is 0 Å². The Morgan fingerprint density at radius 1 is 1.29 bits per heavy atom. The summed E-state index contributed by atoms with van der Waals surface area (Å²) in [5.74, 6) is 0.486. The molecular weight excluding hydrogens is 290 g/mol. The van der Waals surface area contributed by atoms with E-state index in [0.29, 0.717) is 29.6 Å². The monoisotopic (exact) mass is 303 g/mol. The van der Waals surface area contributed by atoms with E-state index in [-0.39, 0.29) is 12.0 Å². The molecule has 1 aliphatic heterocycles. The number of halogens is 1. The maximum atomic E-state index is 12.4. The number of amides is 1. The van der Waals surface area contributed by atoms with Gasteiger partial charge in [0, 0.05) is 35.9 Å². The number of rotatable bonds is 3. The highest BCUT2D eigenvalue weighted by Gasteiger charge is 2.28. The van der Waals surface area contributed by atoms with Crippen molar-refractivity contribution in [3.8, 4) is 5.88 Å². The van der Waals surface area contributed by atoms with E-state index in [1.807, 2.05) is 0 Å². The van der Waals surface area contributed by atoms with E-state index in [4.69, 9.17) is 16.3 Å². The van der Waals surface area contributed by atoms with Gasteiger partial charge in [-0.1, -0.05) is 11.6 Å². The molecule has 1 aliphatic rings. The minimum absolute atomic E-state index is 0.00286. The smallest absolute Gasteiger partial charge is 0.253 e. The van der Waals surface area contributed by atoms with Crippen LogP contribution in [0.2, 0.25) is 5.02 Å². The molecule has 0 radical (unpaired) electrons. The lowest BCUT2D eigenvalue weighted by Crippen LogP contribution is -2.31. The molecule has 0 saturated carbocycles. The van der Waals surface area contributed by atoms with E-state index in [1.54, 1.807) is 47.8 Å². The zero-order chi connectivity index (χ0) is 14.7. The third-order valence-electron chi connectivity index (χ3n) is 3.35. The van der Waals surface area contributed by atoms with Gasteiger partial charge in [-0.15, -0.1) is 0 Å². The Balaban J connectivity index is 1.61. The molecule has 0 spiro atoms. The molecule has 1 aromatic carbocycles. The first-order chi connectivity index (χ1) is 10.2. The molecule has 1 unspecified atom stereocenters. The largest absolute Gasteiger partial charge is 0.471 e. The second kappa shape index (κ2) is 6.10. The average Bonchev–Trinajstić information content (AvgIpc) is 2.97. The Kier molecular flexibility index (Phi) is 4.01. The summed E-state index contributed by atoms with van der Waals surface area (Å²) in [6.07, 6.45) is 5.50. The first-order valence-electron chi connectivity index (χ1n) is 6.70. The number of nitrogens with zero attached hydrogens (tertiary/aromatic N) is 3. The Hall–Kier alpha value is -2.14. The van der Waals surface area contributed by atoms with Gasteiger partial charge in [0.05, 0.1) is 12.7 Å². The summed E-state index contributed by atoms with van der Waals surface area (Å²) in [5, 5.41) is 0.622. The molecule has 6 heteroatoms. The van der Waals surface area contributed by atoms with Crippen LogP contribution in [-0.2, 0) is 0 Å². The van der Waals surface area contributed by atoms with Crippen LogP contribution in [0.25, 0.3) is 0 Å². The minimum Gasteiger partial charge on any atom is -0.471 e. The number of aromatic nitrogens is 2. The molecule has 3 rings (SSSR count). The van der Waals surface area contributed by atoms with E-state index >= 15 is 0 Å². The summed E-state index contributed by atoms with van der Waals surface area (Å²) in [6.45, 7) is 1.23. The van der Waals surface area contributed by atoms with Crippen LogP contribution >= 0.6 is 11.6 Å². The zero-order valence-corrected chi connectivity index (χ0v) is 12.0. The fraction of sp³-hybridized carbons (Fsp3) is 0.267. The summed E-state index contributed by atoms with van der Waals surface area (Å²) in [7, 11) is 0. The van der Waals surface area contributed by atoms with Crippen molar-refractivity contribution in [2.24, 2.45) is 0 Å². The van der Waals surface area contributed by atoms with Crippen LogP contribution in [0.4, 0.5) is 0 Å². The van der Waals surface area contributed by atoms with E-state index in [1.165, 1.54) is 0 Å². The molecular formula is C15H14ClN3O2. The molecule has 1 atom stereocenters. The predicted octanol–water partition coefficient (Wildman–Crippen LogP) is 2.42. The van der Waals surface area contributed by atoms with E-state index in [2.05, 4.69) is 9.97 Å². The van der Waals surface area contributed by atoms with Crippen molar-refractivity contribution in [3.63, 3.8) is 0 Å². The fourth-order valence-corrected chi connectivity index (χ4v) is 2.43. The van der Waals surface area contributed by atoms with Crippen LogP contribution in [0, 0.1) is 0 Å². The number of benzene rings is 1. The van der Waals surface area contributed by atoms with Crippen molar-refractivity contribution in [1.82, 2.24) is 14.9 Å². The molecule has 0 aliphatic carbocycles. The summed E-state index contributed by atoms with van der Waals surface area (Å²) >= 11 is 5.83. The summed E-state index contributed by atoms with van der Waals surface area (Å²) in [5.41, 5.74) is 0.638. The van der Waals surface area contributed by atoms with Crippen molar-refractivity contribution >= 4 is 17.5 Å². The molecule has 0 bridgehead atoms. The van der Waals surface area contributed by atoms with E-state index in [9.17, 15) is 4.79 Å². The van der Waals surface area contributed by atoms with Gasteiger partial charge >= 0.3 is 0 Å². The normalized spacial score (nSPS) is 17.8. The van der Waals surface area contributed by atoms with Crippen LogP contribution in [0.3, 0.4) is 0 Å². The fourth-order valence-electron chi connectivity index (χ4n) is 2.30. The average molecular weight is 304 g/mol. The molecule has 5 nitrogen and oxygen atoms in total. The van der Waals surface area contributed by atoms with Crippen molar-refractivity contribution in [2.75, 3.05) is 13.1 Å². The van der Waals surface area contributed by atoms with Gasteiger partial charge in [-0.3, -0.25) is 9.78 Å². The van der Waals surface area contributed by atoms with Crippen molar-refractivity contribution < 1.29 is 9.53 Å². The first kappa shape index (κ1) is 13.8. The molecule has 2 aromatic rings. The minimum atomic E-state index is -0.0436. The Bertz CT molecular complexity index is 619. The molecule has 108 valence electrons. The zero-order valence-electron chi connectivity index (χ0n) is 11.3. The van der Waals surface area contributed by atoms with Gasteiger partial charge in [0.25, 0.3) is 5.91 Å². The number of hydrogen-bond acceptors (Lipinski definition) is 4. The first-order valence-corrected chi connectivity index (χ1v) is 7.08. The van der Waals surface area contributed by atoms with Crippen LogP contribution in [0.1, 0.15) is 16.8 Å². The summed E-state index contributed by atoms with van der Waals surface area (Å²) in [4.78, 5) is 22.2.